The molecule has 1 N–H and O–H groups in total. The minimum Gasteiger partial charge on any atom is -0.316 e. The second-order valence-corrected chi connectivity index (χ2v) is 4.77. The summed E-state index contributed by atoms with van der Waals surface area (Å²) in [7, 11) is 0. The molecule has 0 spiro atoms. The molecule has 1 aromatic carbocycles. The molecule has 1 fully saturated rings. The first-order chi connectivity index (χ1) is 6.79. The summed E-state index contributed by atoms with van der Waals surface area (Å²) in [6.45, 7) is 2.09. The lowest BCUT2D eigenvalue weighted by molar-refractivity contribution is 0.458. The van der Waals surface area contributed by atoms with Gasteiger partial charge in [-0.25, -0.2) is 4.39 Å². The molecule has 1 aliphatic rings. The van der Waals surface area contributed by atoms with Crippen LogP contribution in [0, 0.1) is 9.39 Å². The van der Waals surface area contributed by atoms with E-state index in [1.54, 1.807) is 6.07 Å². The molecule has 1 atom stereocenters. The van der Waals surface area contributed by atoms with E-state index in [1.807, 2.05) is 6.07 Å². The monoisotopic (exact) mass is 305 g/mol. The van der Waals surface area contributed by atoms with Crippen molar-refractivity contribution in [2.45, 2.75) is 18.8 Å². The van der Waals surface area contributed by atoms with Gasteiger partial charge in [0, 0.05) is 6.54 Å². The molecule has 1 heterocycles. The van der Waals surface area contributed by atoms with Crippen LogP contribution in [0.5, 0.6) is 0 Å². The second kappa shape index (κ2) is 4.57. The lowest BCUT2D eigenvalue weighted by Crippen LogP contribution is -2.28. The van der Waals surface area contributed by atoms with E-state index in [9.17, 15) is 4.39 Å². The third kappa shape index (κ3) is 2.08. The van der Waals surface area contributed by atoms with Gasteiger partial charge in [-0.05, 0) is 59.5 Å². The van der Waals surface area contributed by atoms with E-state index in [4.69, 9.17) is 0 Å². The Morgan fingerprint density at radius 3 is 3.00 bits per heavy atom. The van der Waals surface area contributed by atoms with Crippen LogP contribution in [0.25, 0.3) is 0 Å². The Kier molecular flexibility index (Phi) is 3.38. The topological polar surface area (TPSA) is 12.0 Å². The van der Waals surface area contributed by atoms with Gasteiger partial charge in [0.05, 0.1) is 3.57 Å². The van der Waals surface area contributed by atoms with E-state index >= 15 is 0 Å². The minimum atomic E-state index is -0.0892. The highest BCUT2D eigenvalue weighted by atomic mass is 127. The Balaban J connectivity index is 2.26. The number of hydrogen-bond acceptors (Lipinski definition) is 1. The summed E-state index contributed by atoms with van der Waals surface area (Å²) in [4.78, 5) is 0. The zero-order valence-corrected chi connectivity index (χ0v) is 10.1. The van der Waals surface area contributed by atoms with E-state index in [1.165, 1.54) is 18.9 Å². The molecule has 1 nitrogen and oxygen atoms in total. The number of benzene rings is 1. The van der Waals surface area contributed by atoms with Gasteiger partial charge in [0.25, 0.3) is 0 Å². The fraction of sp³-hybridized carbons (Fsp3) is 0.455. The van der Waals surface area contributed by atoms with E-state index in [2.05, 4.69) is 27.9 Å². The van der Waals surface area contributed by atoms with Crippen molar-refractivity contribution < 1.29 is 4.39 Å². The van der Waals surface area contributed by atoms with Gasteiger partial charge in [0.1, 0.15) is 5.82 Å². The normalized spacial score (nSPS) is 22.3. The number of hydrogen-bond donors (Lipinski definition) is 1. The van der Waals surface area contributed by atoms with E-state index < -0.39 is 0 Å². The summed E-state index contributed by atoms with van der Waals surface area (Å²) in [6.07, 6.45) is 2.36. The summed E-state index contributed by atoms with van der Waals surface area (Å²) in [5, 5.41) is 3.35. The maximum Gasteiger partial charge on any atom is 0.136 e. The van der Waals surface area contributed by atoms with Crippen LogP contribution < -0.4 is 5.32 Å². The number of halogens is 2. The average Bonchev–Trinajstić information content (AvgIpc) is 2.23. The second-order valence-electron chi connectivity index (χ2n) is 3.69. The van der Waals surface area contributed by atoms with Gasteiger partial charge in [0.15, 0.2) is 0 Å². The van der Waals surface area contributed by atoms with Crippen molar-refractivity contribution in [3.8, 4) is 0 Å². The lowest BCUT2D eigenvalue weighted by Gasteiger charge is -2.24. The van der Waals surface area contributed by atoms with Crippen LogP contribution in [0.3, 0.4) is 0 Å². The molecule has 3 heteroatoms. The zero-order valence-electron chi connectivity index (χ0n) is 7.89. The molecule has 0 radical (unpaired) electrons. The highest BCUT2D eigenvalue weighted by Gasteiger charge is 2.18. The first-order valence-corrected chi connectivity index (χ1v) is 6.01. The molecule has 1 unspecified atom stereocenters. The van der Waals surface area contributed by atoms with Gasteiger partial charge >= 0.3 is 0 Å². The molecule has 0 amide bonds. The highest BCUT2D eigenvalue weighted by Crippen LogP contribution is 2.28. The number of rotatable bonds is 1. The van der Waals surface area contributed by atoms with Gasteiger partial charge < -0.3 is 5.32 Å². The number of nitrogens with one attached hydrogen (secondary N) is 1. The van der Waals surface area contributed by atoms with Gasteiger partial charge in [-0.2, -0.15) is 0 Å². The molecule has 0 bridgehead atoms. The molecule has 2 rings (SSSR count). The van der Waals surface area contributed by atoms with Crippen LogP contribution in [0.2, 0.25) is 0 Å². The number of piperidine rings is 1. The molecule has 76 valence electrons. The first-order valence-electron chi connectivity index (χ1n) is 4.93. The maximum absolute atomic E-state index is 13.3. The quantitative estimate of drug-likeness (QED) is 0.787. The van der Waals surface area contributed by atoms with E-state index in [0.717, 1.165) is 22.2 Å². The third-order valence-electron chi connectivity index (χ3n) is 2.72. The van der Waals surface area contributed by atoms with Crippen molar-refractivity contribution in [1.82, 2.24) is 5.32 Å². The van der Waals surface area contributed by atoms with Crippen LogP contribution in [0.15, 0.2) is 18.2 Å². The van der Waals surface area contributed by atoms with Crippen molar-refractivity contribution in [2.75, 3.05) is 13.1 Å². The average molecular weight is 305 g/mol. The molecule has 0 aliphatic carbocycles. The Labute approximate surface area is 97.2 Å². The predicted octanol–water partition coefficient (Wildman–Crippen LogP) is 2.90. The summed E-state index contributed by atoms with van der Waals surface area (Å²) in [5.41, 5.74) is 1.16. The van der Waals surface area contributed by atoms with Crippen molar-refractivity contribution in [3.05, 3.63) is 33.1 Å². The van der Waals surface area contributed by atoms with E-state index in [0.29, 0.717) is 5.92 Å². The lowest BCUT2D eigenvalue weighted by atomic mass is 9.92. The predicted molar refractivity (Wildman–Crippen MR) is 64.0 cm³/mol. The highest BCUT2D eigenvalue weighted by molar-refractivity contribution is 14.1. The minimum absolute atomic E-state index is 0.0892. The van der Waals surface area contributed by atoms with Crippen molar-refractivity contribution in [3.63, 3.8) is 0 Å². The van der Waals surface area contributed by atoms with E-state index in [-0.39, 0.29) is 5.82 Å². The Hall–Kier alpha value is -0.160. The fourth-order valence-corrected chi connectivity index (χ4v) is 2.75. The Morgan fingerprint density at radius 1 is 1.43 bits per heavy atom. The van der Waals surface area contributed by atoms with Gasteiger partial charge in [-0.1, -0.05) is 12.1 Å². The smallest absolute Gasteiger partial charge is 0.136 e. The Morgan fingerprint density at radius 2 is 2.29 bits per heavy atom. The largest absolute Gasteiger partial charge is 0.316 e. The van der Waals surface area contributed by atoms with Gasteiger partial charge in [-0.15, -0.1) is 0 Å². The zero-order chi connectivity index (χ0) is 9.97. The molecule has 0 aromatic heterocycles. The van der Waals surface area contributed by atoms with Crippen LogP contribution in [-0.4, -0.2) is 13.1 Å². The standard InChI is InChI=1S/C11H13FIN/c12-10-5-1-4-9(11(10)13)8-3-2-6-14-7-8/h1,4-5,8,14H,2-3,6-7H2. The third-order valence-corrected chi connectivity index (χ3v) is 3.86. The summed E-state index contributed by atoms with van der Waals surface area (Å²) in [6, 6.07) is 5.38. The Bertz CT molecular complexity index is 321. The molecule has 1 saturated heterocycles. The molecular formula is C11H13FIN. The molecule has 1 aromatic rings. The first kappa shape index (κ1) is 10.4. The molecular weight excluding hydrogens is 292 g/mol. The molecule has 14 heavy (non-hydrogen) atoms. The van der Waals surface area contributed by atoms with Crippen LogP contribution in [0.1, 0.15) is 24.3 Å². The van der Waals surface area contributed by atoms with Crippen molar-refractivity contribution in [1.29, 1.82) is 0 Å². The summed E-state index contributed by atoms with van der Waals surface area (Å²) >= 11 is 2.10. The van der Waals surface area contributed by atoms with Crippen molar-refractivity contribution in [2.24, 2.45) is 0 Å². The van der Waals surface area contributed by atoms with Crippen LogP contribution in [-0.2, 0) is 0 Å². The van der Waals surface area contributed by atoms with Crippen molar-refractivity contribution >= 4 is 22.6 Å². The van der Waals surface area contributed by atoms with Gasteiger partial charge in [0.2, 0.25) is 0 Å². The molecule has 1 aliphatic heterocycles. The SMILES string of the molecule is Fc1cccc(C2CCCNC2)c1I. The summed E-state index contributed by atoms with van der Waals surface area (Å²) in [5.74, 6) is 0.403. The van der Waals surface area contributed by atoms with Crippen LogP contribution in [0.4, 0.5) is 4.39 Å². The van der Waals surface area contributed by atoms with Crippen LogP contribution >= 0.6 is 22.6 Å². The summed E-state index contributed by atoms with van der Waals surface area (Å²) < 4.78 is 14.1. The fourth-order valence-electron chi connectivity index (χ4n) is 1.95. The molecule has 0 saturated carbocycles. The maximum atomic E-state index is 13.3. The van der Waals surface area contributed by atoms with Gasteiger partial charge in [-0.3, -0.25) is 0 Å².